The molecule has 35 heteroatoms. The van der Waals surface area contributed by atoms with Crippen molar-refractivity contribution in [1.29, 1.82) is 0 Å². The molecule has 0 unspecified atom stereocenters. The third-order valence-corrected chi connectivity index (χ3v) is 22.1. The fourth-order valence-electron chi connectivity index (χ4n) is 13.1. The molecular weight excluding hydrogens is 1420 g/mol. The van der Waals surface area contributed by atoms with Crippen LogP contribution >= 0.6 is 0 Å². The molecule has 4 heterocycles. The lowest BCUT2D eigenvalue weighted by atomic mass is 9.99. The van der Waals surface area contributed by atoms with Crippen LogP contribution < -0.4 is 46.1 Å². The van der Waals surface area contributed by atoms with Gasteiger partial charge in [0.15, 0.2) is 0 Å². The Morgan fingerprint density at radius 1 is 0.562 bits per heavy atom. The average molecular weight is 1500 g/mol. The van der Waals surface area contributed by atoms with E-state index in [1.807, 2.05) is 13.2 Å². The minimum atomic E-state index is -4.80. The van der Waals surface area contributed by atoms with Gasteiger partial charge < -0.3 is 31.9 Å². The number of hydrogen-bond donors (Lipinski definition) is 9. The number of rotatable bonds is 21. The number of urea groups is 3. The maximum atomic E-state index is 13.2. The molecule has 3 aromatic heterocycles. The fourth-order valence-corrected chi connectivity index (χ4v) is 16.0. The van der Waals surface area contributed by atoms with Gasteiger partial charge in [-0.3, -0.25) is 19.3 Å². The summed E-state index contributed by atoms with van der Waals surface area (Å²) in [5.74, 6) is -0.473. The molecule has 0 spiro atoms. The smallest absolute Gasteiger partial charge is 0.351 e. The van der Waals surface area contributed by atoms with Crippen molar-refractivity contribution in [1.82, 2.24) is 59.8 Å². The number of sulfonamides is 3. The zero-order valence-corrected chi connectivity index (χ0v) is 59.3. The number of anilines is 4. The van der Waals surface area contributed by atoms with Crippen LogP contribution in [0.1, 0.15) is 107 Å². The van der Waals surface area contributed by atoms with Gasteiger partial charge in [-0.15, -0.1) is 20.4 Å². The molecule has 0 atom stereocenters. The highest BCUT2D eigenvalue weighted by molar-refractivity contribution is 7.90. The summed E-state index contributed by atoms with van der Waals surface area (Å²) >= 11 is 0. The molecule has 9 N–H and O–H groups in total. The summed E-state index contributed by atoms with van der Waals surface area (Å²) in [4.78, 5) is 65.0. The molecule has 0 saturated carbocycles. The van der Waals surface area contributed by atoms with Crippen LogP contribution in [0.4, 0.5) is 50.3 Å². The van der Waals surface area contributed by atoms with Crippen LogP contribution in [0.2, 0.25) is 0 Å². The first-order valence-electron chi connectivity index (χ1n) is 33.7. The summed E-state index contributed by atoms with van der Waals surface area (Å²) < 4.78 is 126. The number of benzene rings is 6. The van der Waals surface area contributed by atoms with Crippen LogP contribution in [0.5, 0.6) is 0 Å². The summed E-state index contributed by atoms with van der Waals surface area (Å²) in [5.41, 5.74) is 10.7. The fraction of sp³-hybridized carbons (Fsp3) is 0.314. The number of amides is 8. The molecule has 9 aromatic rings. The van der Waals surface area contributed by atoms with E-state index in [0.29, 0.717) is 45.8 Å². The minimum Gasteiger partial charge on any atom is -0.351 e. The second kappa shape index (κ2) is 31.1. The van der Waals surface area contributed by atoms with E-state index >= 15 is 0 Å². The number of fused-ring (bicyclic) bond motifs is 5. The lowest BCUT2D eigenvalue weighted by Crippen LogP contribution is -2.35. The van der Waals surface area contributed by atoms with E-state index in [2.05, 4.69) is 89.3 Å². The number of aromatic nitrogens is 7. The van der Waals surface area contributed by atoms with Crippen molar-refractivity contribution >= 4 is 93.6 Å². The molecular formula is C70H73F3N18O11S3. The Labute approximate surface area is 601 Å². The van der Waals surface area contributed by atoms with E-state index in [1.165, 1.54) is 64.2 Å². The zero-order valence-electron chi connectivity index (χ0n) is 56.8. The Morgan fingerprint density at radius 2 is 1.10 bits per heavy atom. The van der Waals surface area contributed by atoms with Gasteiger partial charge in [0.25, 0.3) is 30.1 Å². The van der Waals surface area contributed by atoms with Crippen molar-refractivity contribution in [2.75, 3.05) is 34.9 Å². The van der Waals surface area contributed by atoms with Crippen LogP contribution in [0.25, 0.3) is 16.6 Å². The summed E-state index contributed by atoms with van der Waals surface area (Å²) in [5, 5.41) is 39.4. The molecule has 4 aliphatic carbocycles. The molecule has 105 heavy (non-hydrogen) atoms. The number of alkyl halides is 3. The van der Waals surface area contributed by atoms with Crippen LogP contribution in [0.15, 0.2) is 159 Å². The summed E-state index contributed by atoms with van der Waals surface area (Å²) in [6.45, 7) is 3.23. The first kappa shape index (κ1) is 73.7. The number of hydrogen-bond acceptors (Lipinski definition) is 19. The van der Waals surface area contributed by atoms with Crippen molar-refractivity contribution in [2.45, 2.75) is 143 Å². The van der Waals surface area contributed by atoms with Gasteiger partial charge in [-0.2, -0.15) is 13.2 Å². The van der Waals surface area contributed by atoms with Gasteiger partial charge in [-0.05, 0) is 214 Å². The molecule has 0 fully saturated rings. The molecule has 0 bridgehead atoms. The van der Waals surface area contributed by atoms with E-state index in [9.17, 15) is 62.4 Å². The SMILES string of the molecule is CC(=O)NCc1cn(-c2cccc(S(=O)(=O)NC(=O)Nc3c4c(cc5c3CCC5)CCC4)c2)nn1.CNCCCn1cc(CCC(=O)Nc2cccc(S(=O)(=O)NC(=O)Nc3c4c(cc5c3CCC5)CCC4)c2)nn1.O=C(Nc1cccc2ncccc12)NS(=O)(=O)c1cccc(C2(C(F)(F)F)N=N2)c1. The van der Waals surface area contributed by atoms with Gasteiger partial charge in [-0.1, -0.05) is 52.9 Å². The summed E-state index contributed by atoms with van der Waals surface area (Å²) in [6, 6.07) is 26.0. The van der Waals surface area contributed by atoms with Crippen molar-refractivity contribution < 1.29 is 62.4 Å². The molecule has 6 aromatic carbocycles. The third-order valence-electron chi connectivity index (χ3n) is 18.1. The highest BCUT2D eigenvalue weighted by Gasteiger charge is 2.65. The molecule has 0 saturated heterocycles. The lowest BCUT2D eigenvalue weighted by molar-refractivity contribution is -0.166. The molecule has 29 nitrogen and oxygen atoms in total. The summed E-state index contributed by atoms with van der Waals surface area (Å²) in [6.07, 6.45) is 13.3. The normalized spacial score (nSPS) is 14.4. The van der Waals surface area contributed by atoms with Crippen LogP contribution in [-0.2, 0) is 116 Å². The Kier molecular flexibility index (Phi) is 21.8. The number of aryl methyl sites for hydroxylation is 6. The summed E-state index contributed by atoms with van der Waals surface area (Å²) in [7, 11) is -10.9. The van der Waals surface area contributed by atoms with Crippen molar-refractivity contribution in [3.63, 3.8) is 0 Å². The molecule has 8 amide bonds. The Hall–Kier alpha value is -11.0. The van der Waals surface area contributed by atoms with Gasteiger partial charge in [0.1, 0.15) is 5.69 Å². The van der Waals surface area contributed by atoms with Gasteiger partial charge in [0.2, 0.25) is 11.8 Å². The van der Waals surface area contributed by atoms with Gasteiger partial charge in [0.05, 0.1) is 50.0 Å². The number of halogens is 3. The largest absolute Gasteiger partial charge is 0.442 e. The molecule has 1 aliphatic heterocycles. The average Bonchev–Trinajstić information content (AvgIpc) is 1.60. The second-order valence-electron chi connectivity index (χ2n) is 25.5. The zero-order chi connectivity index (χ0) is 74.3. The van der Waals surface area contributed by atoms with Crippen LogP contribution in [0, 0.1) is 0 Å². The predicted octanol–water partition coefficient (Wildman–Crippen LogP) is 9.26. The second-order valence-corrected chi connectivity index (χ2v) is 30.5. The highest BCUT2D eigenvalue weighted by atomic mass is 32.2. The molecule has 5 aliphatic rings. The molecule has 0 radical (unpaired) electrons. The Balaban J connectivity index is 0.000000149. The van der Waals surface area contributed by atoms with E-state index in [-0.39, 0.29) is 34.6 Å². The van der Waals surface area contributed by atoms with Crippen LogP contribution in [0.3, 0.4) is 0 Å². The molecule has 14 rings (SSSR count). The minimum absolute atomic E-state index is 0.0763. The van der Waals surface area contributed by atoms with Gasteiger partial charge in [-0.25, -0.2) is 58.5 Å². The quantitative estimate of drug-likeness (QED) is 0.0302. The maximum Gasteiger partial charge on any atom is 0.442 e. The van der Waals surface area contributed by atoms with Gasteiger partial charge in [0, 0.05) is 66.7 Å². The predicted molar refractivity (Wildman–Crippen MR) is 381 cm³/mol. The standard InChI is InChI=1S/C28H35N7O4S.C24H26N6O4S.C18H12F3N5O3S/c1-29-14-5-15-35-18-22(32-34-35)12-13-26(36)30-21-8-4-9-23(17-21)40(38,39)33-28(37)31-27-24-10-2-6-19(24)16-20-7-3-11-25(20)27;1-15(31)25-13-18-14-30(29-27-18)19-7-4-8-20(12-19)35(33,34)28-24(32)26-23-21-9-2-5-16(21)11-17-6-3-10-22(17)23;19-18(20,21)17(25-26-17)11-4-1-5-12(10-11)30(28,29)24-16(27)23-15-8-2-7-14-13(15)6-3-9-22-14/h4,8-9,16-18,29H,2-3,5-7,10-15H2,1H3,(H,30,36)(H2,31,33,37);4,7-8,11-12,14H,2-3,5-6,9-10,13H2,1H3,(H,25,31)(H2,26,28,32);1-10H,(H2,23,24,27). The van der Waals surface area contributed by atoms with E-state index in [0.717, 1.165) is 154 Å². The lowest BCUT2D eigenvalue weighted by Gasteiger charge is -2.16. The number of carbonyl (C=O) groups is 5. The van der Waals surface area contributed by atoms with Gasteiger partial charge >= 0.3 is 29.9 Å². The number of carbonyl (C=O) groups excluding carboxylic acids is 5. The number of nitrogens with zero attached hydrogens (tertiary/aromatic N) is 9. The number of pyridine rings is 1. The molecule has 548 valence electrons. The van der Waals surface area contributed by atoms with E-state index in [1.54, 1.807) is 70.3 Å². The third kappa shape index (κ3) is 17.4. The maximum absolute atomic E-state index is 13.2. The van der Waals surface area contributed by atoms with Crippen LogP contribution in [-0.4, -0.2) is 110 Å². The van der Waals surface area contributed by atoms with Crippen molar-refractivity contribution in [3.05, 3.63) is 195 Å². The number of nitrogens with one attached hydrogen (secondary N) is 9. The highest BCUT2D eigenvalue weighted by Crippen LogP contribution is 2.52. The van der Waals surface area contributed by atoms with E-state index < -0.39 is 70.5 Å². The van der Waals surface area contributed by atoms with Crippen molar-refractivity contribution in [3.8, 4) is 5.69 Å². The first-order valence-corrected chi connectivity index (χ1v) is 38.2. The first-order chi connectivity index (χ1) is 50.2. The van der Waals surface area contributed by atoms with Crippen molar-refractivity contribution in [2.24, 2.45) is 10.2 Å². The van der Waals surface area contributed by atoms with E-state index in [4.69, 9.17) is 0 Å². The monoisotopic (exact) mass is 1490 g/mol. The Bertz CT molecular complexity index is 5190. The topological polar surface area (TPSA) is 395 Å². The Morgan fingerprint density at radius 3 is 1.66 bits per heavy atom.